The normalized spacial score (nSPS) is 22.9. The maximum atomic E-state index is 14.3. The minimum atomic E-state index is -0.110. The summed E-state index contributed by atoms with van der Waals surface area (Å²) < 4.78 is 25.7. The Morgan fingerprint density at radius 1 is 1.00 bits per heavy atom. The molecule has 0 radical (unpaired) electrons. The van der Waals surface area contributed by atoms with Crippen molar-refractivity contribution in [3.8, 4) is 11.5 Å². The highest BCUT2D eigenvalue weighted by Gasteiger charge is 2.31. The zero-order chi connectivity index (χ0) is 20.2. The first-order valence-electron chi connectivity index (χ1n) is 10.9. The predicted molar refractivity (Wildman–Crippen MR) is 120 cm³/mol. The van der Waals surface area contributed by atoms with E-state index in [1.165, 1.54) is 24.5 Å². The molecule has 2 aromatic carbocycles. The Morgan fingerprint density at radius 3 is 2.48 bits per heavy atom. The Morgan fingerprint density at radius 2 is 1.79 bits per heavy atom. The Kier molecular flexibility index (Phi) is 6.75. The van der Waals surface area contributed by atoms with E-state index in [9.17, 15) is 4.39 Å². The molecule has 2 nitrogen and oxygen atoms in total. The summed E-state index contributed by atoms with van der Waals surface area (Å²) in [6.07, 6.45) is 8.03. The molecule has 1 unspecified atom stereocenters. The molecule has 0 saturated heterocycles. The number of methoxy groups -OCH3 is 1. The second-order valence-corrected chi connectivity index (χ2v) is 9.14. The van der Waals surface area contributed by atoms with Crippen LogP contribution in [0.4, 0.5) is 4.39 Å². The monoisotopic (exact) mass is 414 g/mol. The van der Waals surface area contributed by atoms with Gasteiger partial charge < -0.3 is 9.47 Å². The largest absolute Gasteiger partial charge is 0.497 e. The molecule has 156 valence electrons. The minimum Gasteiger partial charge on any atom is -0.497 e. The zero-order valence-electron chi connectivity index (χ0n) is 17.3. The van der Waals surface area contributed by atoms with Crippen molar-refractivity contribution in [2.24, 2.45) is 11.8 Å². The first-order chi connectivity index (χ1) is 14.2. The molecule has 4 rings (SSSR count). The molecular weight excluding hydrogens is 382 g/mol. The van der Waals surface area contributed by atoms with Crippen molar-refractivity contribution < 1.29 is 13.9 Å². The molecule has 4 heteroatoms. The second-order valence-electron chi connectivity index (χ2n) is 8.67. The van der Waals surface area contributed by atoms with Crippen LogP contribution in [0.1, 0.15) is 61.5 Å². The van der Waals surface area contributed by atoms with E-state index in [0.717, 1.165) is 61.4 Å². The lowest BCUT2D eigenvalue weighted by Gasteiger charge is -2.29. The Balaban J connectivity index is 1.30. The van der Waals surface area contributed by atoms with Crippen LogP contribution < -0.4 is 9.47 Å². The van der Waals surface area contributed by atoms with Crippen molar-refractivity contribution in [3.05, 3.63) is 59.4 Å². The molecule has 2 atom stereocenters. The van der Waals surface area contributed by atoms with Gasteiger partial charge in [-0.15, -0.1) is 9.24 Å². The van der Waals surface area contributed by atoms with Crippen molar-refractivity contribution in [1.29, 1.82) is 0 Å². The third-order valence-electron chi connectivity index (χ3n) is 6.71. The van der Waals surface area contributed by atoms with Gasteiger partial charge in [-0.2, -0.15) is 0 Å². The molecule has 0 heterocycles. The Hall–Kier alpha value is -1.60. The highest BCUT2D eigenvalue weighted by atomic mass is 31.0. The Bertz CT molecular complexity index is 812. The van der Waals surface area contributed by atoms with E-state index in [2.05, 4.69) is 33.5 Å². The lowest BCUT2D eigenvalue weighted by atomic mass is 9.79. The van der Waals surface area contributed by atoms with Gasteiger partial charge in [-0.3, -0.25) is 0 Å². The molecule has 0 bridgehead atoms. The van der Waals surface area contributed by atoms with Crippen LogP contribution in [0.25, 0.3) is 0 Å². The summed E-state index contributed by atoms with van der Waals surface area (Å²) in [5, 5.41) is 0. The van der Waals surface area contributed by atoms with E-state index in [1.54, 1.807) is 13.2 Å². The fourth-order valence-electron chi connectivity index (χ4n) is 4.75. The first kappa shape index (κ1) is 20.7. The van der Waals surface area contributed by atoms with Gasteiger partial charge in [0.1, 0.15) is 17.3 Å². The van der Waals surface area contributed by atoms with Crippen LogP contribution >= 0.6 is 9.24 Å². The number of benzene rings is 2. The fourth-order valence-corrected chi connectivity index (χ4v) is 5.41. The highest BCUT2D eigenvalue weighted by molar-refractivity contribution is 7.16. The first-order valence-corrected chi connectivity index (χ1v) is 11.8. The maximum Gasteiger partial charge on any atom is 0.126 e. The van der Waals surface area contributed by atoms with Crippen molar-refractivity contribution in [2.45, 2.75) is 50.4 Å². The lowest BCUT2D eigenvalue weighted by Crippen LogP contribution is -2.20. The van der Waals surface area contributed by atoms with E-state index in [-0.39, 0.29) is 11.7 Å². The summed E-state index contributed by atoms with van der Waals surface area (Å²) in [6.45, 7) is 0.756. The molecule has 2 aromatic rings. The van der Waals surface area contributed by atoms with E-state index in [4.69, 9.17) is 9.47 Å². The molecule has 2 fully saturated rings. The van der Waals surface area contributed by atoms with Crippen LogP contribution in [0, 0.1) is 17.7 Å². The Labute approximate surface area is 176 Å². The van der Waals surface area contributed by atoms with Crippen molar-refractivity contribution in [3.63, 3.8) is 0 Å². The van der Waals surface area contributed by atoms with Crippen LogP contribution in [0.2, 0.25) is 0 Å². The van der Waals surface area contributed by atoms with Crippen LogP contribution in [0.3, 0.4) is 0 Å². The molecule has 2 aliphatic carbocycles. The zero-order valence-corrected chi connectivity index (χ0v) is 18.4. The SMILES string of the molecule is COc1ccc(F)c([C@H]2CC[C@H](COc3cccc([C@H](CP)C4CC4)c3)CC2)c1. The highest BCUT2D eigenvalue weighted by Crippen LogP contribution is 2.44. The van der Waals surface area contributed by atoms with Crippen LogP contribution in [-0.4, -0.2) is 19.9 Å². The summed E-state index contributed by atoms with van der Waals surface area (Å²) >= 11 is 0. The summed E-state index contributed by atoms with van der Waals surface area (Å²) in [5.41, 5.74) is 2.22. The van der Waals surface area contributed by atoms with Gasteiger partial charge in [0.25, 0.3) is 0 Å². The number of ether oxygens (including phenoxy) is 2. The van der Waals surface area contributed by atoms with Crippen LogP contribution in [-0.2, 0) is 0 Å². The van der Waals surface area contributed by atoms with Gasteiger partial charge >= 0.3 is 0 Å². The van der Waals surface area contributed by atoms with Gasteiger partial charge in [0, 0.05) is 0 Å². The molecule has 0 spiro atoms. The van der Waals surface area contributed by atoms with Crippen LogP contribution in [0.15, 0.2) is 42.5 Å². The number of hydrogen-bond donors (Lipinski definition) is 0. The van der Waals surface area contributed by atoms with Gasteiger partial charge in [0.15, 0.2) is 0 Å². The van der Waals surface area contributed by atoms with E-state index in [1.807, 2.05) is 6.07 Å². The van der Waals surface area contributed by atoms with Gasteiger partial charge in [-0.1, -0.05) is 12.1 Å². The lowest BCUT2D eigenvalue weighted by molar-refractivity contribution is 0.199. The average Bonchev–Trinajstić information content (AvgIpc) is 3.59. The smallest absolute Gasteiger partial charge is 0.126 e. The fraction of sp³-hybridized carbons (Fsp3) is 0.520. The van der Waals surface area contributed by atoms with Gasteiger partial charge in [-0.25, -0.2) is 4.39 Å². The summed E-state index contributed by atoms with van der Waals surface area (Å²) in [5.74, 6) is 3.96. The summed E-state index contributed by atoms with van der Waals surface area (Å²) in [7, 11) is 4.54. The van der Waals surface area contributed by atoms with E-state index >= 15 is 0 Å². The van der Waals surface area contributed by atoms with Crippen LogP contribution in [0.5, 0.6) is 11.5 Å². The quantitative estimate of drug-likeness (QED) is 0.456. The van der Waals surface area contributed by atoms with Crippen molar-refractivity contribution in [2.75, 3.05) is 19.9 Å². The van der Waals surface area contributed by atoms with Gasteiger partial charge in [-0.05, 0) is 110 Å². The third kappa shape index (κ3) is 5.12. The topological polar surface area (TPSA) is 18.5 Å². The number of halogens is 1. The second kappa shape index (κ2) is 9.47. The standard InChI is InChI=1S/C25H32FO2P/c1-27-21-11-12-25(26)23(14-21)18-7-5-17(6-8-18)15-28-22-4-2-3-20(13-22)24(16-29)19-9-10-19/h2-4,11-14,17-19,24H,5-10,15-16,29H2,1H3/t17-,18-,24-/m1/s1. The molecule has 2 saturated carbocycles. The van der Waals surface area contributed by atoms with E-state index in [0.29, 0.717) is 11.8 Å². The molecular formula is C25H32FO2P. The molecule has 0 amide bonds. The van der Waals surface area contributed by atoms with Gasteiger partial charge in [0.05, 0.1) is 13.7 Å². The molecule has 0 aliphatic heterocycles. The number of hydrogen-bond acceptors (Lipinski definition) is 2. The van der Waals surface area contributed by atoms with E-state index < -0.39 is 0 Å². The van der Waals surface area contributed by atoms with Crippen molar-refractivity contribution >= 4 is 9.24 Å². The molecule has 0 N–H and O–H groups in total. The molecule has 0 aromatic heterocycles. The molecule has 2 aliphatic rings. The summed E-state index contributed by atoms with van der Waals surface area (Å²) in [4.78, 5) is 0. The minimum absolute atomic E-state index is 0.110. The maximum absolute atomic E-state index is 14.3. The summed E-state index contributed by atoms with van der Waals surface area (Å²) in [6, 6.07) is 13.8. The van der Waals surface area contributed by atoms with Gasteiger partial charge in [0.2, 0.25) is 0 Å². The van der Waals surface area contributed by atoms with Crippen molar-refractivity contribution in [1.82, 2.24) is 0 Å². The average molecular weight is 415 g/mol. The predicted octanol–water partition coefficient (Wildman–Crippen LogP) is 6.56. The molecule has 29 heavy (non-hydrogen) atoms. The number of rotatable bonds is 8. The third-order valence-corrected chi connectivity index (χ3v) is 7.21.